The van der Waals surface area contributed by atoms with Gasteiger partial charge in [-0.2, -0.15) is 0 Å². The average Bonchev–Trinajstić information content (AvgIpc) is 2.08. The van der Waals surface area contributed by atoms with Crippen molar-refractivity contribution in [2.75, 3.05) is 0 Å². The number of carboxylic acids is 1. The van der Waals surface area contributed by atoms with Crippen LogP contribution in [0.3, 0.4) is 0 Å². The average molecular weight is 182 g/mol. The van der Waals surface area contributed by atoms with Crippen LogP contribution in [0.4, 0.5) is 0 Å². The highest BCUT2D eigenvalue weighted by Crippen LogP contribution is 2.10. The van der Waals surface area contributed by atoms with Crippen LogP contribution >= 0.6 is 0 Å². The van der Waals surface area contributed by atoms with Crippen molar-refractivity contribution in [2.45, 2.75) is 12.5 Å². The highest BCUT2D eigenvalue weighted by atomic mass is 16.4. The van der Waals surface area contributed by atoms with E-state index in [2.05, 4.69) is 0 Å². The van der Waals surface area contributed by atoms with Crippen LogP contribution < -0.4 is 5.73 Å². The van der Waals surface area contributed by atoms with Gasteiger partial charge in [0, 0.05) is 0 Å². The molecule has 4 N–H and O–H groups in total. The number of carboxylic acid groups (broad SMARTS) is 1. The second-order valence-electron chi connectivity index (χ2n) is 2.82. The zero-order valence-electron chi connectivity index (χ0n) is 6.97. The Balaban J connectivity index is 2.64. The number of aliphatic carboxylic acids is 1. The Labute approximate surface area is 75.6 Å². The van der Waals surface area contributed by atoms with Gasteiger partial charge in [0.15, 0.2) is 0 Å². The van der Waals surface area contributed by atoms with E-state index in [0.717, 1.165) is 5.56 Å². The van der Waals surface area contributed by atoms with Gasteiger partial charge in [-0.25, -0.2) is 0 Å². The Morgan fingerprint density at radius 3 is 2.38 bits per heavy atom. The van der Waals surface area contributed by atoms with Crippen LogP contribution in [0.5, 0.6) is 5.75 Å². The lowest BCUT2D eigenvalue weighted by Crippen LogP contribution is -2.32. The molecule has 0 aliphatic rings. The molecule has 4 heteroatoms. The molecule has 1 rings (SSSR count). The Morgan fingerprint density at radius 1 is 1.38 bits per heavy atom. The number of carbonyl (C=O) groups is 1. The normalized spacial score (nSPS) is 12.4. The van der Waals surface area contributed by atoms with Crippen molar-refractivity contribution in [2.24, 2.45) is 5.73 Å². The molecule has 70 valence electrons. The van der Waals surface area contributed by atoms with Crippen molar-refractivity contribution in [1.29, 1.82) is 0 Å². The molecule has 13 heavy (non-hydrogen) atoms. The lowest BCUT2D eigenvalue weighted by Gasteiger charge is -2.05. The summed E-state index contributed by atoms with van der Waals surface area (Å²) < 4.78 is 0. The van der Waals surface area contributed by atoms with Gasteiger partial charge in [-0.1, -0.05) is 12.1 Å². The first-order chi connectivity index (χ1) is 6.09. The molecule has 0 saturated heterocycles. The number of aromatic hydroxyl groups is 1. The quantitative estimate of drug-likeness (QED) is 0.589. The first-order valence-electron chi connectivity index (χ1n) is 3.86. The summed E-state index contributed by atoms with van der Waals surface area (Å²) in [4.78, 5) is 10.4. The summed E-state index contributed by atoms with van der Waals surface area (Å²) in [5.74, 6) is -0.860. The summed E-state index contributed by atoms with van der Waals surface area (Å²) in [5, 5.41) is 17.5. The summed E-state index contributed by atoms with van der Waals surface area (Å²) >= 11 is 0. The van der Waals surface area contributed by atoms with Crippen molar-refractivity contribution < 1.29 is 15.0 Å². The highest BCUT2D eigenvalue weighted by molar-refractivity contribution is 5.73. The second kappa shape index (κ2) is 3.91. The number of hydrogen-bond acceptors (Lipinski definition) is 3. The predicted octanol–water partition coefficient (Wildman–Crippen LogP) is 0.347. The summed E-state index contributed by atoms with van der Waals surface area (Å²) in [6.07, 6.45) is 0.273. The first kappa shape index (κ1) is 9.54. The van der Waals surface area contributed by atoms with Crippen molar-refractivity contribution in [3.63, 3.8) is 0 Å². The van der Waals surface area contributed by atoms with E-state index in [1.165, 1.54) is 12.1 Å². The van der Waals surface area contributed by atoms with Gasteiger partial charge >= 0.3 is 5.97 Å². The Bertz CT molecular complexity index is 294. The molecular formula is C9H11NO3. The third kappa shape index (κ3) is 2.76. The molecule has 0 amide bonds. The van der Waals surface area contributed by atoms with Crippen LogP contribution in [0, 0.1) is 0 Å². The number of nitrogens with two attached hydrogens (primary N) is 1. The monoisotopic (exact) mass is 182 g/mol. The number of phenolic OH excluding ortho intramolecular Hbond substituents is 1. The third-order valence-electron chi connectivity index (χ3n) is 1.71. The number of hydrogen-bond donors (Lipinski definition) is 3. The van der Waals surface area contributed by atoms with Crippen LogP contribution in [0.1, 0.15) is 5.56 Å². The third-order valence-corrected chi connectivity index (χ3v) is 1.71. The summed E-state index contributed by atoms with van der Waals surface area (Å²) in [6, 6.07) is 5.42. The van der Waals surface area contributed by atoms with Crippen molar-refractivity contribution in [1.82, 2.24) is 0 Å². The molecular weight excluding hydrogens is 171 g/mol. The standard InChI is InChI=1S/C9H11NO3/c10-8(9(12)13)5-6-1-3-7(11)4-2-6/h1-4,8,11H,5,10H2,(H,12,13)/t8-/m0/s1/i5+1. The van der Waals surface area contributed by atoms with Crippen LogP contribution in [-0.4, -0.2) is 22.2 Å². The lowest BCUT2D eigenvalue weighted by atomic mass is 10.2. The zero-order chi connectivity index (χ0) is 9.84. The van der Waals surface area contributed by atoms with Gasteiger partial charge in [-0.05, 0) is 24.1 Å². The summed E-state index contributed by atoms with van der Waals surface area (Å²) in [5.41, 5.74) is 6.12. The smallest absolute Gasteiger partial charge is 0.320 e. The summed E-state index contributed by atoms with van der Waals surface area (Å²) in [6.45, 7) is 0. The van der Waals surface area contributed by atoms with Gasteiger partial charge < -0.3 is 15.9 Å². The molecule has 0 aliphatic carbocycles. The SMILES string of the molecule is N[C@@H]([13CH2]c1ccc(O)cc1)C(=O)O. The molecule has 4 nitrogen and oxygen atoms in total. The highest BCUT2D eigenvalue weighted by Gasteiger charge is 2.11. The molecule has 0 saturated carbocycles. The molecule has 1 atom stereocenters. The molecule has 0 aliphatic heterocycles. The molecule has 0 radical (unpaired) electrons. The Kier molecular flexibility index (Phi) is 2.87. The van der Waals surface area contributed by atoms with Gasteiger partial charge in [0.2, 0.25) is 0 Å². The van der Waals surface area contributed by atoms with Crippen molar-refractivity contribution in [3.05, 3.63) is 29.8 Å². The van der Waals surface area contributed by atoms with Crippen LogP contribution in [0.15, 0.2) is 24.3 Å². The fourth-order valence-corrected chi connectivity index (χ4v) is 0.973. The van der Waals surface area contributed by atoms with E-state index in [1.807, 2.05) is 0 Å². The minimum Gasteiger partial charge on any atom is -0.508 e. The van der Waals surface area contributed by atoms with E-state index < -0.39 is 12.0 Å². The van der Waals surface area contributed by atoms with Gasteiger partial charge in [-0.15, -0.1) is 0 Å². The van der Waals surface area contributed by atoms with E-state index in [9.17, 15) is 4.79 Å². The maximum absolute atomic E-state index is 10.4. The molecule has 0 bridgehead atoms. The minimum atomic E-state index is -1.02. The van der Waals surface area contributed by atoms with Crippen LogP contribution in [-0.2, 0) is 11.2 Å². The molecule has 0 spiro atoms. The van der Waals surface area contributed by atoms with E-state index in [4.69, 9.17) is 15.9 Å². The fraction of sp³-hybridized carbons (Fsp3) is 0.222. The molecule has 0 fully saturated rings. The van der Waals surface area contributed by atoms with Gasteiger partial charge in [-0.3, -0.25) is 4.79 Å². The molecule has 1 aromatic rings. The Morgan fingerprint density at radius 2 is 1.92 bits per heavy atom. The van der Waals surface area contributed by atoms with Crippen LogP contribution in [0.25, 0.3) is 0 Å². The van der Waals surface area contributed by atoms with Crippen LogP contribution in [0.2, 0.25) is 0 Å². The second-order valence-corrected chi connectivity index (χ2v) is 2.82. The molecule has 0 unspecified atom stereocenters. The molecule has 1 aromatic carbocycles. The van der Waals surface area contributed by atoms with E-state index >= 15 is 0 Å². The largest absolute Gasteiger partial charge is 0.508 e. The Hall–Kier alpha value is -1.55. The van der Waals surface area contributed by atoms with Crippen molar-refractivity contribution >= 4 is 5.97 Å². The summed E-state index contributed by atoms with van der Waals surface area (Å²) in [7, 11) is 0. The lowest BCUT2D eigenvalue weighted by molar-refractivity contribution is -0.138. The van der Waals surface area contributed by atoms with Gasteiger partial charge in [0.05, 0.1) is 0 Å². The van der Waals surface area contributed by atoms with Gasteiger partial charge in [0.1, 0.15) is 11.8 Å². The number of phenols is 1. The minimum absolute atomic E-state index is 0.160. The van der Waals surface area contributed by atoms with E-state index in [0.29, 0.717) is 0 Å². The maximum atomic E-state index is 10.4. The number of rotatable bonds is 3. The topological polar surface area (TPSA) is 83.5 Å². The van der Waals surface area contributed by atoms with Crippen molar-refractivity contribution in [3.8, 4) is 5.75 Å². The molecule has 0 aromatic heterocycles. The first-order valence-corrected chi connectivity index (χ1v) is 3.86. The molecule has 0 heterocycles. The number of benzene rings is 1. The zero-order valence-corrected chi connectivity index (χ0v) is 6.97. The van der Waals surface area contributed by atoms with E-state index in [-0.39, 0.29) is 12.2 Å². The maximum Gasteiger partial charge on any atom is 0.320 e. The van der Waals surface area contributed by atoms with Gasteiger partial charge in [0.25, 0.3) is 0 Å². The fourth-order valence-electron chi connectivity index (χ4n) is 0.973. The predicted molar refractivity (Wildman–Crippen MR) is 47.4 cm³/mol. The van der Waals surface area contributed by atoms with E-state index in [1.54, 1.807) is 12.1 Å².